The second kappa shape index (κ2) is 9.02. The molecule has 2 aliphatic heterocycles. The number of nitrogens with one attached hydrogen (secondary N) is 2. The fourth-order valence-corrected chi connectivity index (χ4v) is 4.40. The van der Waals surface area contributed by atoms with E-state index in [-0.39, 0.29) is 11.9 Å². The molecule has 2 fully saturated rings. The molecule has 0 spiro atoms. The molecule has 0 saturated carbocycles. The third-order valence-corrected chi connectivity index (χ3v) is 6.31. The van der Waals surface area contributed by atoms with E-state index in [1.807, 2.05) is 6.07 Å². The van der Waals surface area contributed by atoms with Crippen LogP contribution in [0.2, 0.25) is 0 Å². The van der Waals surface area contributed by atoms with E-state index in [2.05, 4.69) is 26.3 Å². The van der Waals surface area contributed by atoms with Crippen molar-refractivity contribution < 1.29 is 19.1 Å². The normalized spacial score (nSPS) is 23.3. The van der Waals surface area contributed by atoms with E-state index in [1.165, 1.54) is 0 Å². The Labute approximate surface area is 182 Å². The van der Waals surface area contributed by atoms with Gasteiger partial charge in [0, 0.05) is 6.61 Å². The fraction of sp³-hybridized carbons (Fsp3) is 0.474. The maximum Gasteiger partial charge on any atom is 0.344 e. The van der Waals surface area contributed by atoms with Crippen molar-refractivity contribution in [2.24, 2.45) is 0 Å². The third-order valence-electron chi connectivity index (χ3n) is 5.36. The van der Waals surface area contributed by atoms with E-state index in [4.69, 9.17) is 4.74 Å². The van der Waals surface area contributed by atoms with Gasteiger partial charge in [-0.25, -0.2) is 9.48 Å². The number of amides is 4. The van der Waals surface area contributed by atoms with Crippen molar-refractivity contribution in [1.82, 2.24) is 36.0 Å². The molecular formula is C19H23N7O4S. The first-order chi connectivity index (χ1) is 15.0. The predicted molar refractivity (Wildman–Crippen MR) is 109 cm³/mol. The lowest BCUT2D eigenvalue weighted by atomic mass is 9.87. The van der Waals surface area contributed by atoms with E-state index in [9.17, 15) is 14.4 Å². The number of rotatable bonds is 8. The Morgan fingerprint density at radius 2 is 2.16 bits per heavy atom. The van der Waals surface area contributed by atoms with E-state index in [0.717, 1.165) is 36.2 Å². The molecule has 4 rings (SSSR count). The number of benzene rings is 1. The molecule has 2 aromatic rings. The molecule has 2 N–H and O–H groups in total. The van der Waals surface area contributed by atoms with Gasteiger partial charge in [0.05, 0.1) is 18.4 Å². The number of ether oxygens (including phenoxy) is 1. The van der Waals surface area contributed by atoms with Crippen LogP contribution < -0.4 is 10.7 Å². The molecule has 3 heterocycles. The zero-order chi connectivity index (χ0) is 21.8. The number of carbonyl (C=O) groups is 3. The summed E-state index contributed by atoms with van der Waals surface area (Å²) in [7, 11) is 0. The van der Waals surface area contributed by atoms with Gasteiger partial charge in [0.25, 0.3) is 5.91 Å². The summed E-state index contributed by atoms with van der Waals surface area (Å²) in [5.74, 6) is -1.10. The van der Waals surface area contributed by atoms with Crippen LogP contribution in [0.3, 0.4) is 0 Å². The molecule has 4 amide bonds. The number of thioether (sulfide) groups is 1. The van der Waals surface area contributed by atoms with Gasteiger partial charge >= 0.3 is 6.03 Å². The number of hydrogen-bond donors (Lipinski definition) is 2. The van der Waals surface area contributed by atoms with Gasteiger partial charge in [-0.15, -0.1) is 5.10 Å². The first-order valence-corrected chi connectivity index (χ1v) is 11.0. The molecular weight excluding hydrogens is 422 g/mol. The van der Waals surface area contributed by atoms with Crippen LogP contribution in [0, 0.1) is 0 Å². The highest BCUT2D eigenvalue weighted by molar-refractivity contribution is 7.99. The maximum absolute atomic E-state index is 13.1. The third kappa shape index (κ3) is 4.26. The Morgan fingerprint density at radius 3 is 2.87 bits per heavy atom. The lowest BCUT2D eigenvalue weighted by molar-refractivity contribution is -0.138. The van der Waals surface area contributed by atoms with Crippen LogP contribution in [0.5, 0.6) is 0 Å². The number of carbonyl (C=O) groups excluding carboxylic acids is 3. The molecule has 1 aromatic carbocycles. The Morgan fingerprint density at radius 1 is 1.35 bits per heavy atom. The quantitative estimate of drug-likeness (QED) is 0.451. The van der Waals surface area contributed by atoms with Gasteiger partial charge in [-0.1, -0.05) is 49.0 Å². The standard InChI is InChI=1S/C19H23N7O4S/c1-2-19(13-7-4-3-5-8-13)16(28)26(17(29)20-19)22-15(27)12-31-18-21-23-24-25(18)11-14-9-6-10-30-14/h3-5,7-8,14H,2,6,9-12H2,1H3,(H,20,29)(H,22,27)/t14-,19+/m0/s1. The molecule has 0 radical (unpaired) electrons. The number of urea groups is 1. The zero-order valence-electron chi connectivity index (χ0n) is 17.0. The zero-order valence-corrected chi connectivity index (χ0v) is 17.8. The summed E-state index contributed by atoms with van der Waals surface area (Å²) in [5.41, 5.74) is 1.86. The molecule has 0 aliphatic carbocycles. The minimum atomic E-state index is -1.20. The van der Waals surface area contributed by atoms with Gasteiger partial charge in [0.2, 0.25) is 11.1 Å². The second-order valence-corrected chi connectivity index (χ2v) is 8.24. The molecule has 0 bridgehead atoms. The predicted octanol–water partition coefficient (Wildman–Crippen LogP) is 0.833. The van der Waals surface area contributed by atoms with Gasteiger partial charge < -0.3 is 10.1 Å². The van der Waals surface area contributed by atoms with Crippen LogP contribution in [0.25, 0.3) is 0 Å². The Hall–Kier alpha value is -2.99. The smallest absolute Gasteiger partial charge is 0.344 e. The monoisotopic (exact) mass is 445 g/mol. The van der Waals surface area contributed by atoms with E-state index in [1.54, 1.807) is 35.9 Å². The summed E-state index contributed by atoms with van der Waals surface area (Å²) in [6, 6.07) is 8.30. The van der Waals surface area contributed by atoms with Crippen LogP contribution in [0.4, 0.5) is 4.79 Å². The van der Waals surface area contributed by atoms with Crippen LogP contribution in [0.1, 0.15) is 31.7 Å². The summed E-state index contributed by atoms with van der Waals surface area (Å²) in [4.78, 5) is 38.0. The summed E-state index contributed by atoms with van der Waals surface area (Å²) in [6.07, 6.45) is 2.35. The maximum atomic E-state index is 13.1. The van der Waals surface area contributed by atoms with Crippen LogP contribution in [0.15, 0.2) is 35.5 Å². The fourth-order valence-electron chi connectivity index (χ4n) is 3.72. The molecule has 164 valence electrons. The Kier molecular flexibility index (Phi) is 6.18. The average molecular weight is 446 g/mol. The molecule has 11 nitrogen and oxygen atoms in total. The molecule has 2 saturated heterocycles. The van der Waals surface area contributed by atoms with E-state index >= 15 is 0 Å². The van der Waals surface area contributed by atoms with Crippen molar-refractivity contribution in [3.63, 3.8) is 0 Å². The molecule has 1 aromatic heterocycles. The van der Waals surface area contributed by atoms with Gasteiger partial charge in [-0.3, -0.25) is 15.0 Å². The van der Waals surface area contributed by atoms with Crippen molar-refractivity contribution in [3.05, 3.63) is 35.9 Å². The first-order valence-electron chi connectivity index (χ1n) is 10.1. The molecule has 2 aliphatic rings. The SMILES string of the molecule is CC[C@]1(c2ccccc2)NC(=O)N(NC(=O)CSc2nnnn2C[C@@H]2CCCO2)C1=O. The topological polar surface area (TPSA) is 131 Å². The molecule has 31 heavy (non-hydrogen) atoms. The van der Waals surface area contributed by atoms with Crippen LogP contribution in [-0.2, 0) is 26.4 Å². The first kappa shape index (κ1) is 21.2. The largest absolute Gasteiger partial charge is 0.376 e. The summed E-state index contributed by atoms with van der Waals surface area (Å²) < 4.78 is 7.19. The highest BCUT2D eigenvalue weighted by atomic mass is 32.2. The number of hydrazine groups is 1. The number of nitrogens with zero attached hydrogens (tertiary/aromatic N) is 5. The van der Waals surface area contributed by atoms with Crippen molar-refractivity contribution >= 4 is 29.6 Å². The lowest BCUT2D eigenvalue weighted by Crippen LogP contribution is -2.49. The highest BCUT2D eigenvalue weighted by Crippen LogP contribution is 2.31. The lowest BCUT2D eigenvalue weighted by Gasteiger charge is -2.25. The van der Waals surface area contributed by atoms with Crippen molar-refractivity contribution in [1.29, 1.82) is 0 Å². The number of aromatic nitrogens is 4. The number of tetrazole rings is 1. The van der Waals surface area contributed by atoms with Gasteiger partial charge in [-0.05, 0) is 35.3 Å². The molecule has 2 atom stereocenters. The van der Waals surface area contributed by atoms with Crippen molar-refractivity contribution in [3.8, 4) is 0 Å². The summed E-state index contributed by atoms with van der Waals surface area (Å²) in [6.45, 7) is 3.05. The second-order valence-electron chi connectivity index (χ2n) is 7.30. The summed E-state index contributed by atoms with van der Waals surface area (Å²) >= 11 is 1.12. The molecule has 12 heteroatoms. The van der Waals surface area contributed by atoms with Crippen molar-refractivity contribution in [2.45, 2.75) is 49.5 Å². The molecule has 0 unspecified atom stereocenters. The minimum Gasteiger partial charge on any atom is -0.376 e. The number of hydrogen-bond acceptors (Lipinski definition) is 8. The highest BCUT2D eigenvalue weighted by Gasteiger charge is 2.52. The van der Waals surface area contributed by atoms with Gasteiger partial charge in [0.15, 0.2) is 0 Å². The van der Waals surface area contributed by atoms with Gasteiger partial charge in [0.1, 0.15) is 5.54 Å². The van der Waals surface area contributed by atoms with Crippen LogP contribution in [-0.4, -0.2) is 61.5 Å². The van der Waals surface area contributed by atoms with Gasteiger partial charge in [-0.2, -0.15) is 5.01 Å². The summed E-state index contributed by atoms with van der Waals surface area (Å²) in [5, 5.41) is 15.5. The van der Waals surface area contributed by atoms with Crippen LogP contribution >= 0.6 is 11.8 Å². The van der Waals surface area contributed by atoms with E-state index < -0.39 is 23.4 Å². The van der Waals surface area contributed by atoms with E-state index in [0.29, 0.717) is 23.7 Å². The Balaban J connectivity index is 1.37. The Bertz CT molecular complexity index is 963. The minimum absolute atomic E-state index is 0.0581. The van der Waals surface area contributed by atoms with Crippen molar-refractivity contribution in [2.75, 3.05) is 12.4 Å². The number of imide groups is 1. The average Bonchev–Trinajstić information content (AvgIpc) is 3.51.